The van der Waals surface area contributed by atoms with E-state index >= 15 is 0 Å². The SMILES string of the molecule is CC(C)(C)n1nc(C2CC2)cc1C(=O)N1CCN(c2cc(C#N)ccn2)CC1. The zero-order valence-electron chi connectivity index (χ0n) is 16.7. The summed E-state index contributed by atoms with van der Waals surface area (Å²) in [4.78, 5) is 21.7. The van der Waals surface area contributed by atoms with Gasteiger partial charge < -0.3 is 9.80 Å². The molecule has 28 heavy (non-hydrogen) atoms. The van der Waals surface area contributed by atoms with Crippen LogP contribution in [0.2, 0.25) is 0 Å². The monoisotopic (exact) mass is 378 g/mol. The summed E-state index contributed by atoms with van der Waals surface area (Å²) in [5, 5.41) is 13.8. The van der Waals surface area contributed by atoms with Crippen molar-refractivity contribution in [1.29, 1.82) is 5.26 Å². The standard InChI is InChI=1S/C21H26N6O/c1-21(2,3)27-18(13-17(24-27)16-4-5-16)20(28)26-10-8-25(9-11-26)19-12-15(14-22)6-7-23-19/h6-7,12-13,16H,4-5,8-11H2,1-3H3. The van der Waals surface area contributed by atoms with Crippen LogP contribution in [0.4, 0.5) is 5.82 Å². The first-order chi connectivity index (χ1) is 13.4. The second-order valence-electron chi connectivity index (χ2n) is 8.61. The molecule has 0 bridgehead atoms. The van der Waals surface area contributed by atoms with Crippen molar-refractivity contribution in [3.05, 3.63) is 41.3 Å². The molecule has 7 nitrogen and oxygen atoms in total. The first-order valence-electron chi connectivity index (χ1n) is 9.87. The van der Waals surface area contributed by atoms with E-state index in [2.05, 4.69) is 36.7 Å². The van der Waals surface area contributed by atoms with Crippen LogP contribution in [0, 0.1) is 11.3 Å². The highest BCUT2D eigenvalue weighted by Gasteiger charge is 2.33. The van der Waals surface area contributed by atoms with Gasteiger partial charge in [-0.2, -0.15) is 10.4 Å². The van der Waals surface area contributed by atoms with Gasteiger partial charge >= 0.3 is 0 Å². The highest BCUT2D eigenvalue weighted by molar-refractivity contribution is 5.93. The van der Waals surface area contributed by atoms with Crippen LogP contribution >= 0.6 is 0 Å². The molecular formula is C21H26N6O. The summed E-state index contributed by atoms with van der Waals surface area (Å²) in [6.07, 6.45) is 4.00. The number of hydrogen-bond acceptors (Lipinski definition) is 5. The smallest absolute Gasteiger partial charge is 0.272 e. The van der Waals surface area contributed by atoms with Crippen LogP contribution in [0.3, 0.4) is 0 Å². The van der Waals surface area contributed by atoms with E-state index in [1.165, 1.54) is 12.8 Å². The normalized spacial score (nSPS) is 17.5. The number of nitriles is 1. The summed E-state index contributed by atoms with van der Waals surface area (Å²) in [7, 11) is 0. The molecule has 7 heteroatoms. The van der Waals surface area contributed by atoms with E-state index in [0.29, 0.717) is 43.4 Å². The molecule has 0 radical (unpaired) electrons. The molecule has 146 valence electrons. The molecule has 2 aromatic heterocycles. The molecular weight excluding hydrogens is 352 g/mol. The van der Waals surface area contributed by atoms with Gasteiger partial charge in [0.15, 0.2) is 0 Å². The van der Waals surface area contributed by atoms with Gasteiger partial charge in [-0.3, -0.25) is 9.48 Å². The van der Waals surface area contributed by atoms with Gasteiger partial charge in [0, 0.05) is 38.3 Å². The molecule has 1 amide bonds. The number of pyridine rings is 1. The van der Waals surface area contributed by atoms with E-state index in [-0.39, 0.29) is 11.4 Å². The molecule has 0 unspecified atom stereocenters. The van der Waals surface area contributed by atoms with E-state index in [1.54, 1.807) is 18.3 Å². The van der Waals surface area contributed by atoms with E-state index < -0.39 is 0 Å². The Morgan fingerprint density at radius 1 is 1.18 bits per heavy atom. The summed E-state index contributed by atoms with van der Waals surface area (Å²) in [5.41, 5.74) is 2.11. The van der Waals surface area contributed by atoms with E-state index in [9.17, 15) is 4.79 Å². The maximum Gasteiger partial charge on any atom is 0.272 e. The summed E-state index contributed by atoms with van der Waals surface area (Å²) in [6, 6.07) is 7.65. The van der Waals surface area contributed by atoms with Crippen LogP contribution in [-0.2, 0) is 5.54 Å². The zero-order valence-corrected chi connectivity index (χ0v) is 16.7. The molecule has 2 fully saturated rings. The lowest BCUT2D eigenvalue weighted by atomic mass is 10.1. The average Bonchev–Trinajstić information content (AvgIpc) is 3.44. The van der Waals surface area contributed by atoms with Crippen molar-refractivity contribution >= 4 is 11.7 Å². The van der Waals surface area contributed by atoms with Crippen molar-refractivity contribution in [3.8, 4) is 6.07 Å². The van der Waals surface area contributed by atoms with Gasteiger partial charge in [-0.25, -0.2) is 4.98 Å². The predicted octanol–water partition coefficient (Wildman–Crippen LogP) is 2.74. The van der Waals surface area contributed by atoms with E-state index in [1.807, 2.05) is 15.6 Å². The second-order valence-corrected chi connectivity index (χ2v) is 8.61. The number of hydrogen-bond donors (Lipinski definition) is 0. The molecule has 2 aliphatic rings. The number of rotatable bonds is 3. The minimum atomic E-state index is -0.235. The molecule has 4 rings (SSSR count). The van der Waals surface area contributed by atoms with Crippen LogP contribution in [-0.4, -0.2) is 51.8 Å². The third-order valence-electron chi connectivity index (χ3n) is 5.34. The Balaban J connectivity index is 1.49. The quantitative estimate of drug-likeness (QED) is 0.821. The first-order valence-corrected chi connectivity index (χ1v) is 9.87. The molecule has 0 spiro atoms. The number of carbonyl (C=O) groups is 1. The number of anilines is 1. The van der Waals surface area contributed by atoms with Gasteiger partial charge in [-0.15, -0.1) is 0 Å². The van der Waals surface area contributed by atoms with Crippen LogP contribution < -0.4 is 4.90 Å². The maximum atomic E-state index is 13.3. The topological polar surface area (TPSA) is 78.0 Å². The Morgan fingerprint density at radius 2 is 1.89 bits per heavy atom. The third-order valence-corrected chi connectivity index (χ3v) is 5.34. The molecule has 1 saturated carbocycles. The highest BCUT2D eigenvalue weighted by atomic mass is 16.2. The summed E-state index contributed by atoms with van der Waals surface area (Å²) in [6.45, 7) is 8.91. The average molecular weight is 378 g/mol. The molecule has 1 aliphatic heterocycles. The second kappa shape index (κ2) is 6.93. The third kappa shape index (κ3) is 3.59. The summed E-state index contributed by atoms with van der Waals surface area (Å²) >= 11 is 0. The minimum Gasteiger partial charge on any atom is -0.353 e. The van der Waals surface area contributed by atoms with Gasteiger partial charge in [0.05, 0.1) is 22.9 Å². The Morgan fingerprint density at radius 3 is 2.50 bits per heavy atom. The molecule has 0 aromatic carbocycles. The number of nitrogens with zero attached hydrogens (tertiary/aromatic N) is 6. The van der Waals surface area contributed by atoms with Gasteiger partial charge in [0.25, 0.3) is 5.91 Å². The van der Waals surface area contributed by atoms with Crippen LogP contribution in [0.5, 0.6) is 0 Å². The van der Waals surface area contributed by atoms with Gasteiger partial charge in [-0.05, 0) is 51.8 Å². The first kappa shape index (κ1) is 18.5. The Kier molecular flexibility index (Phi) is 4.58. The Labute approximate surface area is 165 Å². The molecule has 0 N–H and O–H groups in total. The molecule has 3 heterocycles. The van der Waals surface area contributed by atoms with Crippen LogP contribution in [0.15, 0.2) is 24.4 Å². The Hall–Kier alpha value is -2.88. The molecule has 1 aliphatic carbocycles. The van der Waals surface area contributed by atoms with Crippen molar-refractivity contribution in [3.63, 3.8) is 0 Å². The summed E-state index contributed by atoms with van der Waals surface area (Å²) in [5.74, 6) is 1.36. The van der Waals surface area contributed by atoms with Crippen molar-refractivity contribution in [2.45, 2.75) is 45.1 Å². The number of aromatic nitrogens is 3. The van der Waals surface area contributed by atoms with Crippen molar-refractivity contribution in [2.24, 2.45) is 0 Å². The van der Waals surface area contributed by atoms with Gasteiger partial charge in [-0.1, -0.05) is 0 Å². The van der Waals surface area contributed by atoms with Gasteiger partial charge in [0.2, 0.25) is 0 Å². The van der Waals surface area contributed by atoms with Crippen LogP contribution in [0.1, 0.15) is 61.3 Å². The minimum absolute atomic E-state index is 0.0488. The number of piperazine rings is 1. The fraction of sp³-hybridized carbons (Fsp3) is 0.524. The van der Waals surface area contributed by atoms with Crippen molar-refractivity contribution in [2.75, 3.05) is 31.1 Å². The van der Waals surface area contributed by atoms with Crippen molar-refractivity contribution < 1.29 is 4.79 Å². The fourth-order valence-corrected chi connectivity index (χ4v) is 3.60. The molecule has 2 aromatic rings. The van der Waals surface area contributed by atoms with E-state index in [0.717, 1.165) is 11.5 Å². The highest BCUT2D eigenvalue weighted by Crippen LogP contribution is 2.40. The molecule has 1 saturated heterocycles. The predicted molar refractivity (Wildman–Crippen MR) is 106 cm³/mol. The fourth-order valence-electron chi connectivity index (χ4n) is 3.60. The summed E-state index contributed by atoms with van der Waals surface area (Å²) < 4.78 is 1.90. The van der Waals surface area contributed by atoms with Crippen molar-refractivity contribution in [1.82, 2.24) is 19.7 Å². The van der Waals surface area contributed by atoms with E-state index in [4.69, 9.17) is 10.4 Å². The number of carbonyl (C=O) groups excluding carboxylic acids is 1. The maximum absolute atomic E-state index is 13.3. The lowest BCUT2D eigenvalue weighted by Gasteiger charge is -2.36. The lowest BCUT2D eigenvalue weighted by Crippen LogP contribution is -2.49. The Bertz CT molecular complexity index is 923. The zero-order chi connectivity index (χ0) is 19.9. The largest absolute Gasteiger partial charge is 0.353 e. The lowest BCUT2D eigenvalue weighted by molar-refractivity contribution is 0.0726. The number of amides is 1. The van der Waals surface area contributed by atoms with Crippen LogP contribution in [0.25, 0.3) is 0 Å². The molecule has 0 atom stereocenters. The van der Waals surface area contributed by atoms with Gasteiger partial charge in [0.1, 0.15) is 11.5 Å².